The van der Waals surface area contributed by atoms with Gasteiger partial charge in [0.15, 0.2) is 17.3 Å². The Kier molecular flexibility index (Phi) is 4.37. The third-order valence-corrected chi connectivity index (χ3v) is 2.73. The number of hydrogen-bond acceptors (Lipinski definition) is 3. The molecule has 2 aromatic carbocycles. The number of nitrogens with one attached hydrogen (secondary N) is 1. The Bertz CT molecular complexity index is 675. The van der Waals surface area contributed by atoms with Gasteiger partial charge in [-0.25, -0.2) is 8.78 Å². The summed E-state index contributed by atoms with van der Waals surface area (Å²) in [6.45, 7) is 2.26. The molecule has 0 radical (unpaired) electrons. The van der Waals surface area contributed by atoms with E-state index in [4.69, 9.17) is 10.5 Å². The van der Waals surface area contributed by atoms with Crippen molar-refractivity contribution in [2.45, 2.75) is 6.92 Å². The molecule has 0 aliphatic heterocycles. The van der Waals surface area contributed by atoms with E-state index in [1.807, 2.05) is 0 Å². The maximum Gasteiger partial charge on any atom is 0.251 e. The molecule has 0 unspecified atom stereocenters. The number of hydrogen-bond donors (Lipinski definition) is 2. The first kappa shape index (κ1) is 14.8. The molecule has 0 aromatic heterocycles. The van der Waals surface area contributed by atoms with Crippen LogP contribution in [0.25, 0.3) is 0 Å². The Morgan fingerprint density at radius 3 is 2.67 bits per heavy atom. The minimum atomic E-state index is -0.723. The van der Waals surface area contributed by atoms with E-state index >= 15 is 0 Å². The van der Waals surface area contributed by atoms with Crippen LogP contribution in [0.15, 0.2) is 36.4 Å². The molecule has 1 amide bonds. The highest BCUT2D eigenvalue weighted by Crippen LogP contribution is 2.30. The normalized spacial score (nSPS) is 10.2. The van der Waals surface area contributed by atoms with E-state index in [0.29, 0.717) is 12.1 Å². The Balaban J connectivity index is 2.33. The van der Waals surface area contributed by atoms with Crippen LogP contribution in [0.3, 0.4) is 0 Å². The van der Waals surface area contributed by atoms with E-state index < -0.39 is 11.6 Å². The smallest absolute Gasteiger partial charge is 0.251 e. The van der Waals surface area contributed by atoms with Gasteiger partial charge in [-0.3, -0.25) is 4.79 Å². The molecule has 0 aliphatic carbocycles. The zero-order valence-electron chi connectivity index (χ0n) is 11.3. The molecular formula is C15H14F2N2O2. The SMILES string of the molecule is CCNC(=O)c1ccc(N)c(Oc2cc(F)ccc2F)c1. The molecule has 0 fully saturated rings. The number of amides is 1. The van der Waals surface area contributed by atoms with E-state index in [9.17, 15) is 13.6 Å². The summed E-state index contributed by atoms with van der Waals surface area (Å²) in [7, 11) is 0. The Morgan fingerprint density at radius 1 is 1.19 bits per heavy atom. The van der Waals surface area contributed by atoms with Gasteiger partial charge in [-0.05, 0) is 37.3 Å². The number of carbonyl (C=O) groups is 1. The molecule has 0 saturated carbocycles. The average molecular weight is 292 g/mol. The quantitative estimate of drug-likeness (QED) is 0.851. The van der Waals surface area contributed by atoms with Gasteiger partial charge in [-0.15, -0.1) is 0 Å². The highest BCUT2D eigenvalue weighted by atomic mass is 19.1. The van der Waals surface area contributed by atoms with Crippen LogP contribution in [0.5, 0.6) is 11.5 Å². The Labute approximate surface area is 120 Å². The molecule has 2 rings (SSSR count). The third-order valence-electron chi connectivity index (χ3n) is 2.73. The maximum absolute atomic E-state index is 13.6. The Morgan fingerprint density at radius 2 is 1.95 bits per heavy atom. The van der Waals surface area contributed by atoms with Crippen LogP contribution in [0.2, 0.25) is 0 Å². The Hall–Kier alpha value is -2.63. The van der Waals surface area contributed by atoms with Crippen molar-refractivity contribution in [3.63, 3.8) is 0 Å². The second-order valence-corrected chi connectivity index (χ2v) is 4.29. The van der Waals surface area contributed by atoms with Crippen LogP contribution in [-0.4, -0.2) is 12.5 Å². The highest BCUT2D eigenvalue weighted by molar-refractivity contribution is 5.95. The number of rotatable bonds is 4. The fourth-order valence-electron chi connectivity index (χ4n) is 1.70. The molecule has 110 valence electrons. The van der Waals surface area contributed by atoms with Crippen molar-refractivity contribution in [3.8, 4) is 11.5 Å². The second kappa shape index (κ2) is 6.21. The molecule has 6 heteroatoms. The van der Waals surface area contributed by atoms with Gasteiger partial charge in [0.05, 0.1) is 5.69 Å². The molecule has 0 atom stereocenters. The number of benzene rings is 2. The molecule has 21 heavy (non-hydrogen) atoms. The predicted octanol–water partition coefficient (Wildman–Crippen LogP) is 3.09. The van der Waals surface area contributed by atoms with Crippen molar-refractivity contribution in [2.24, 2.45) is 0 Å². The van der Waals surface area contributed by atoms with Crippen LogP contribution in [0.4, 0.5) is 14.5 Å². The lowest BCUT2D eigenvalue weighted by Crippen LogP contribution is -2.22. The maximum atomic E-state index is 13.6. The van der Waals surface area contributed by atoms with Crippen LogP contribution in [-0.2, 0) is 0 Å². The van der Waals surface area contributed by atoms with Crippen molar-refractivity contribution < 1.29 is 18.3 Å². The van der Waals surface area contributed by atoms with Crippen LogP contribution < -0.4 is 15.8 Å². The molecule has 0 saturated heterocycles. The van der Waals surface area contributed by atoms with Gasteiger partial charge in [-0.2, -0.15) is 0 Å². The lowest BCUT2D eigenvalue weighted by atomic mass is 10.1. The fraction of sp³-hybridized carbons (Fsp3) is 0.133. The summed E-state index contributed by atoms with van der Waals surface area (Å²) < 4.78 is 31.9. The first-order valence-electron chi connectivity index (χ1n) is 6.32. The lowest BCUT2D eigenvalue weighted by Gasteiger charge is -2.11. The van der Waals surface area contributed by atoms with E-state index in [-0.39, 0.29) is 23.1 Å². The molecule has 0 bridgehead atoms. The van der Waals surface area contributed by atoms with E-state index in [2.05, 4.69) is 5.32 Å². The first-order chi connectivity index (χ1) is 10.0. The summed E-state index contributed by atoms with van der Waals surface area (Å²) in [5.41, 5.74) is 6.26. The van der Waals surface area contributed by atoms with E-state index in [1.54, 1.807) is 6.92 Å². The number of halogens is 2. The standard InChI is InChI=1S/C15H14F2N2O2/c1-2-19-15(20)9-3-6-12(18)14(7-9)21-13-8-10(16)4-5-11(13)17/h3-8H,2,18H2,1H3,(H,19,20). The fourth-order valence-corrected chi connectivity index (χ4v) is 1.70. The summed E-state index contributed by atoms with van der Waals surface area (Å²) in [4.78, 5) is 11.7. The number of nitrogens with two attached hydrogens (primary N) is 1. The molecule has 0 aliphatic rings. The van der Waals surface area contributed by atoms with Crippen molar-refractivity contribution in [3.05, 3.63) is 53.6 Å². The third kappa shape index (κ3) is 3.47. The monoisotopic (exact) mass is 292 g/mol. The number of ether oxygens (including phenoxy) is 1. The lowest BCUT2D eigenvalue weighted by molar-refractivity contribution is 0.0955. The highest BCUT2D eigenvalue weighted by Gasteiger charge is 2.12. The number of anilines is 1. The number of carbonyl (C=O) groups excluding carboxylic acids is 1. The zero-order valence-corrected chi connectivity index (χ0v) is 11.3. The summed E-state index contributed by atoms with van der Waals surface area (Å²) >= 11 is 0. The van der Waals surface area contributed by atoms with Gasteiger partial charge in [-0.1, -0.05) is 0 Å². The first-order valence-corrected chi connectivity index (χ1v) is 6.32. The van der Waals surface area contributed by atoms with Gasteiger partial charge in [0.2, 0.25) is 0 Å². The van der Waals surface area contributed by atoms with Gasteiger partial charge in [0.25, 0.3) is 5.91 Å². The molecule has 4 nitrogen and oxygen atoms in total. The van der Waals surface area contributed by atoms with E-state index in [1.165, 1.54) is 18.2 Å². The molecule has 2 aromatic rings. The van der Waals surface area contributed by atoms with Gasteiger partial charge < -0.3 is 15.8 Å². The van der Waals surface area contributed by atoms with Gasteiger partial charge >= 0.3 is 0 Å². The molecule has 3 N–H and O–H groups in total. The molecule has 0 heterocycles. The van der Waals surface area contributed by atoms with E-state index in [0.717, 1.165) is 18.2 Å². The average Bonchev–Trinajstić information content (AvgIpc) is 2.45. The molecular weight excluding hydrogens is 278 g/mol. The van der Waals surface area contributed by atoms with Crippen molar-refractivity contribution >= 4 is 11.6 Å². The van der Waals surface area contributed by atoms with Gasteiger partial charge in [0, 0.05) is 18.2 Å². The predicted molar refractivity (Wildman–Crippen MR) is 75.3 cm³/mol. The summed E-state index contributed by atoms with van der Waals surface area (Å²) in [6, 6.07) is 7.22. The van der Waals surface area contributed by atoms with Crippen molar-refractivity contribution in [1.29, 1.82) is 0 Å². The van der Waals surface area contributed by atoms with Crippen molar-refractivity contribution in [1.82, 2.24) is 5.32 Å². The summed E-state index contributed by atoms with van der Waals surface area (Å²) in [6.07, 6.45) is 0. The van der Waals surface area contributed by atoms with Gasteiger partial charge in [0.1, 0.15) is 5.82 Å². The summed E-state index contributed by atoms with van der Waals surface area (Å²) in [5.74, 6) is -1.87. The van der Waals surface area contributed by atoms with Crippen LogP contribution in [0, 0.1) is 11.6 Å². The largest absolute Gasteiger partial charge is 0.452 e. The van der Waals surface area contributed by atoms with Crippen LogP contribution >= 0.6 is 0 Å². The molecule has 0 spiro atoms. The zero-order chi connectivity index (χ0) is 15.4. The topological polar surface area (TPSA) is 64.4 Å². The second-order valence-electron chi connectivity index (χ2n) is 4.29. The minimum Gasteiger partial charge on any atom is -0.452 e. The minimum absolute atomic E-state index is 0.0863. The van der Waals surface area contributed by atoms with Crippen molar-refractivity contribution in [2.75, 3.05) is 12.3 Å². The summed E-state index contributed by atoms with van der Waals surface area (Å²) in [5, 5.41) is 2.62. The van der Waals surface area contributed by atoms with Crippen LogP contribution in [0.1, 0.15) is 17.3 Å². The number of nitrogen functional groups attached to an aromatic ring is 1.